The summed E-state index contributed by atoms with van der Waals surface area (Å²) in [6, 6.07) is 11.9. The molecule has 19 heavy (non-hydrogen) atoms. The smallest absolute Gasteiger partial charge is 0.170 e. The molecule has 0 amide bonds. The minimum atomic E-state index is -0.538. The molecule has 1 aliphatic rings. The van der Waals surface area contributed by atoms with E-state index in [0.717, 1.165) is 5.56 Å². The highest BCUT2D eigenvalue weighted by atomic mass is 19.1. The average Bonchev–Trinajstić information content (AvgIpc) is 2.40. The molecular weight excluding hydrogens is 243 g/mol. The molecule has 0 aliphatic carbocycles. The Labute approximate surface area is 110 Å². The van der Waals surface area contributed by atoms with E-state index in [-0.39, 0.29) is 18.0 Å². The summed E-state index contributed by atoms with van der Waals surface area (Å²) < 4.78 is 19.5. The van der Waals surface area contributed by atoms with Crippen LogP contribution < -0.4 is 4.74 Å². The van der Waals surface area contributed by atoms with Crippen molar-refractivity contribution in [3.05, 3.63) is 65.0 Å². The summed E-state index contributed by atoms with van der Waals surface area (Å²) in [6.45, 7) is 1.93. The fourth-order valence-electron chi connectivity index (χ4n) is 2.35. The second kappa shape index (κ2) is 4.50. The van der Waals surface area contributed by atoms with Crippen LogP contribution in [-0.2, 0) is 0 Å². The van der Waals surface area contributed by atoms with Crippen LogP contribution in [0.15, 0.2) is 42.5 Å². The van der Waals surface area contributed by atoms with Crippen molar-refractivity contribution in [2.24, 2.45) is 0 Å². The molecule has 0 saturated heterocycles. The molecule has 1 atom stereocenters. The molecule has 1 unspecified atom stereocenters. The van der Waals surface area contributed by atoms with Gasteiger partial charge in [0.05, 0.1) is 12.0 Å². The number of carbonyl (C=O) groups excluding carboxylic acids is 1. The molecular formula is C16H13FO2. The van der Waals surface area contributed by atoms with Gasteiger partial charge in [-0.15, -0.1) is 0 Å². The molecule has 2 aromatic rings. The number of hydrogen-bond donors (Lipinski definition) is 0. The first kappa shape index (κ1) is 11.9. The van der Waals surface area contributed by atoms with Gasteiger partial charge in [-0.05, 0) is 25.1 Å². The average molecular weight is 256 g/mol. The quantitative estimate of drug-likeness (QED) is 0.774. The van der Waals surface area contributed by atoms with E-state index in [1.807, 2.05) is 19.1 Å². The number of carbonyl (C=O) groups is 1. The summed E-state index contributed by atoms with van der Waals surface area (Å²) in [5, 5.41) is 0. The van der Waals surface area contributed by atoms with E-state index in [2.05, 4.69) is 0 Å². The third-order valence-electron chi connectivity index (χ3n) is 3.33. The summed E-state index contributed by atoms with van der Waals surface area (Å²) in [6.07, 6.45) is -0.360. The minimum Gasteiger partial charge on any atom is -0.484 e. The van der Waals surface area contributed by atoms with Crippen molar-refractivity contribution >= 4 is 5.78 Å². The highest BCUT2D eigenvalue weighted by molar-refractivity contribution is 6.00. The summed E-state index contributed by atoms with van der Waals surface area (Å²) in [5.41, 5.74) is 2.04. The van der Waals surface area contributed by atoms with Gasteiger partial charge in [-0.2, -0.15) is 0 Å². The lowest BCUT2D eigenvalue weighted by atomic mass is 9.95. The number of ether oxygens (including phenoxy) is 1. The molecule has 0 spiro atoms. The number of ketones is 1. The van der Waals surface area contributed by atoms with E-state index in [9.17, 15) is 9.18 Å². The van der Waals surface area contributed by atoms with E-state index in [0.29, 0.717) is 16.9 Å². The normalized spacial score (nSPS) is 17.8. The SMILES string of the molecule is Cc1ccc2c(c1)C(=O)CC(c1ccccc1F)O2. The van der Waals surface area contributed by atoms with Gasteiger partial charge in [0.1, 0.15) is 17.7 Å². The first-order valence-electron chi connectivity index (χ1n) is 6.20. The number of rotatable bonds is 1. The number of halogens is 1. The van der Waals surface area contributed by atoms with E-state index in [1.165, 1.54) is 6.07 Å². The van der Waals surface area contributed by atoms with Gasteiger partial charge >= 0.3 is 0 Å². The molecule has 0 saturated carbocycles. The number of Topliss-reactive ketones (excluding diaryl/α,β-unsaturated/α-hetero) is 1. The Bertz CT molecular complexity index is 649. The van der Waals surface area contributed by atoms with Crippen molar-refractivity contribution in [2.45, 2.75) is 19.4 Å². The standard InChI is InChI=1S/C16H13FO2/c1-10-6-7-15-12(8-10)14(18)9-16(19-15)11-4-2-3-5-13(11)17/h2-8,16H,9H2,1H3. The molecule has 0 radical (unpaired) electrons. The molecule has 1 aliphatic heterocycles. The zero-order valence-corrected chi connectivity index (χ0v) is 10.5. The second-order valence-electron chi connectivity index (χ2n) is 4.75. The van der Waals surface area contributed by atoms with Crippen LogP contribution in [0, 0.1) is 12.7 Å². The largest absolute Gasteiger partial charge is 0.484 e. The zero-order chi connectivity index (χ0) is 13.4. The third kappa shape index (κ3) is 2.12. The van der Waals surface area contributed by atoms with Gasteiger partial charge in [0.2, 0.25) is 0 Å². The van der Waals surface area contributed by atoms with Gasteiger partial charge in [0.25, 0.3) is 0 Å². The summed E-state index contributed by atoms with van der Waals surface area (Å²) in [4.78, 5) is 12.1. The second-order valence-corrected chi connectivity index (χ2v) is 4.75. The summed E-state index contributed by atoms with van der Waals surface area (Å²) >= 11 is 0. The molecule has 0 aromatic heterocycles. The Kier molecular flexibility index (Phi) is 2.82. The van der Waals surface area contributed by atoms with Crippen LogP contribution in [-0.4, -0.2) is 5.78 Å². The Morgan fingerprint density at radius 1 is 1.21 bits per heavy atom. The van der Waals surface area contributed by atoms with Crippen molar-refractivity contribution in [3.8, 4) is 5.75 Å². The fraction of sp³-hybridized carbons (Fsp3) is 0.188. The van der Waals surface area contributed by atoms with Crippen LogP contribution in [0.25, 0.3) is 0 Å². The van der Waals surface area contributed by atoms with Gasteiger partial charge < -0.3 is 4.74 Å². The third-order valence-corrected chi connectivity index (χ3v) is 3.33. The highest BCUT2D eigenvalue weighted by Crippen LogP contribution is 2.35. The number of fused-ring (bicyclic) bond motifs is 1. The van der Waals surface area contributed by atoms with Gasteiger partial charge in [-0.3, -0.25) is 4.79 Å². The van der Waals surface area contributed by atoms with Gasteiger partial charge in [0, 0.05) is 5.56 Å². The number of hydrogen-bond acceptors (Lipinski definition) is 2. The molecule has 0 bridgehead atoms. The van der Waals surface area contributed by atoms with E-state index >= 15 is 0 Å². The predicted octanol–water partition coefficient (Wildman–Crippen LogP) is 3.84. The summed E-state index contributed by atoms with van der Waals surface area (Å²) in [7, 11) is 0. The Balaban J connectivity index is 2.00. The van der Waals surface area contributed by atoms with Crippen LogP contribution >= 0.6 is 0 Å². The van der Waals surface area contributed by atoms with Crippen LogP contribution in [0.1, 0.15) is 34.0 Å². The summed E-state index contributed by atoms with van der Waals surface area (Å²) in [5.74, 6) is 0.198. The molecule has 2 aromatic carbocycles. The molecule has 0 fully saturated rings. The van der Waals surface area contributed by atoms with Crippen LogP contribution in [0.3, 0.4) is 0 Å². The molecule has 3 heteroatoms. The molecule has 3 rings (SSSR count). The van der Waals surface area contributed by atoms with Gasteiger partial charge in [-0.1, -0.05) is 29.8 Å². The Morgan fingerprint density at radius 2 is 2.00 bits per heavy atom. The Morgan fingerprint density at radius 3 is 2.79 bits per heavy atom. The van der Waals surface area contributed by atoms with Crippen molar-refractivity contribution in [3.63, 3.8) is 0 Å². The number of aryl methyl sites for hydroxylation is 1. The lowest BCUT2D eigenvalue weighted by Crippen LogP contribution is -2.21. The van der Waals surface area contributed by atoms with Gasteiger partial charge in [0.15, 0.2) is 5.78 Å². The van der Waals surface area contributed by atoms with Crippen LogP contribution in [0.2, 0.25) is 0 Å². The lowest BCUT2D eigenvalue weighted by Gasteiger charge is -2.26. The Hall–Kier alpha value is -2.16. The van der Waals surface area contributed by atoms with Crippen LogP contribution in [0.4, 0.5) is 4.39 Å². The first-order valence-corrected chi connectivity index (χ1v) is 6.20. The van der Waals surface area contributed by atoms with E-state index < -0.39 is 6.10 Å². The van der Waals surface area contributed by atoms with Gasteiger partial charge in [-0.25, -0.2) is 4.39 Å². The van der Waals surface area contributed by atoms with Crippen LogP contribution in [0.5, 0.6) is 5.75 Å². The first-order chi connectivity index (χ1) is 9.15. The van der Waals surface area contributed by atoms with Crippen molar-refractivity contribution in [2.75, 3.05) is 0 Å². The lowest BCUT2D eigenvalue weighted by molar-refractivity contribution is 0.0845. The maximum Gasteiger partial charge on any atom is 0.170 e. The maximum atomic E-state index is 13.8. The van der Waals surface area contributed by atoms with E-state index in [4.69, 9.17) is 4.74 Å². The van der Waals surface area contributed by atoms with Crippen molar-refractivity contribution in [1.82, 2.24) is 0 Å². The maximum absolute atomic E-state index is 13.8. The fourth-order valence-corrected chi connectivity index (χ4v) is 2.35. The van der Waals surface area contributed by atoms with Crippen molar-refractivity contribution in [1.29, 1.82) is 0 Å². The highest BCUT2D eigenvalue weighted by Gasteiger charge is 2.29. The topological polar surface area (TPSA) is 26.3 Å². The molecule has 1 heterocycles. The van der Waals surface area contributed by atoms with Crippen molar-refractivity contribution < 1.29 is 13.9 Å². The number of benzene rings is 2. The predicted molar refractivity (Wildman–Crippen MR) is 69.9 cm³/mol. The minimum absolute atomic E-state index is 0.00166. The molecule has 2 nitrogen and oxygen atoms in total. The molecule has 96 valence electrons. The zero-order valence-electron chi connectivity index (χ0n) is 10.5. The van der Waals surface area contributed by atoms with E-state index in [1.54, 1.807) is 24.3 Å². The molecule has 0 N–H and O–H groups in total. The monoisotopic (exact) mass is 256 g/mol.